The molecule has 0 heterocycles. The van der Waals surface area contributed by atoms with Crippen molar-refractivity contribution in [3.8, 4) is 0 Å². The molecule has 0 bridgehead atoms. The van der Waals surface area contributed by atoms with E-state index in [1.807, 2.05) is 0 Å². The van der Waals surface area contributed by atoms with Crippen LogP contribution in [0.15, 0.2) is 0 Å². The predicted octanol–water partition coefficient (Wildman–Crippen LogP) is -3.98. The smallest absolute Gasteiger partial charge is 0.394 e. The third-order valence-corrected chi connectivity index (χ3v) is 1.22. The van der Waals surface area contributed by atoms with E-state index in [1.165, 1.54) is 0 Å². The molecule has 0 fully saturated rings. The first kappa shape index (κ1) is 17.8. The van der Waals surface area contributed by atoms with Gasteiger partial charge in [0.15, 0.2) is 0 Å². The fraction of sp³-hybridized carbons (Fsp3) is 1.00. The van der Waals surface area contributed by atoms with E-state index in [2.05, 4.69) is 0 Å². The third kappa shape index (κ3) is 15.9. The minimum atomic E-state index is 0. The van der Waals surface area contributed by atoms with E-state index in [9.17, 15) is 0 Å². The van der Waals surface area contributed by atoms with Crippen molar-refractivity contribution >= 4 is 0 Å². The van der Waals surface area contributed by atoms with Crippen molar-refractivity contribution in [3.05, 3.63) is 0 Å². The van der Waals surface area contributed by atoms with Gasteiger partial charge in [-0.15, -0.1) is 0 Å². The van der Waals surface area contributed by atoms with Gasteiger partial charge in [0.2, 0.25) is 0 Å². The van der Waals surface area contributed by atoms with Crippen LogP contribution < -0.4 is 51.4 Å². The van der Waals surface area contributed by atoms with Gasteiger partial charge in [0.1, 0.15) is 0 Å². The van der Waals surface area contributed by atoms with E-state index in [-0.39, 0.29) is 64.6 Å². The van der Waals surface area contributed by atoms with Crippen molar-refractivity contribution in [1.82, 2.24) is 0 Å². The molecule has 0 unspecified atom stereocenters. The van der Waals surface area contributed by atoms with Gasteiger partial charge in [-0.2, -0.15) is 0 Å². The second-order valence-corrected chi connectivity index (χ2v) is 2.28. The molecule has 0 aliphatic carbocycles. The van der Waals surface area contributed by atoms with Crippen LogP contribution in [0, 0.1) is 0 Å². The maximum Gasteiger partial charge on any atom is 1.00 e. The number of hydrogen-bond donors (Lipinski definition) is 2. The number of aliphatic hydroxyl groups is 2. The Morgan fingerprint density at radius 2 is 0.857 bits per heavy atom. The van der Waals surface area contributed by atoms with Crippen molar-refractivity contribution < 1.29 is 75.8 Å². The molecule has 2 N–H and O–H groups in total. The quantitative estimate of drug-likeness (QED) is 0.298. The summed E-state index contributed by atoms with van der Waals surface area (Å²) in [4.78, 5) is 0. The molecule has 0 atom stereocenters. The summed E-state index contributed by atoms with van der Waals surface area (Å²) in [6, 6.07) is 0. The molecule has 5 nitrogen and oxygen atoms in total. The topological polar surface area (TPSA) is 68.2 Å². The van der Waals surface area contributed by atoms with E-state index in [0.717, 1.165) is 0 Å². The van der Waals surface area contributed by atoms with Gasteiger partial charge < -0.3 is 24.4 Å². The van der Waals surface area contributed by atoms with Gasteiger partial charge in [0, 0.05) is 0 Å². The largest absolute Gasteiger partial charge is 1.00 e. The van der Waals surface area contributed by atoms with Crippen molar-refractivity contribution in [1.29, 1.82) is 0 Å². The fourth-order valence-electron chi connectivity index (χ4n) is 0.671. The molecule has 0 radical (unpaired) electrons. The second-order valence-electron chi connectivity index (χ2n) is 2.28. The average molecular weight is 233 g/mol. The predicted molar refractivity (Wildman–Crippen MR) is 46.6 cm³/mol. The molecule has 0 aromatic heterocycles. The SMILES string of the molecule is OCCOCCOCCOCCO.[K+]. The number of hydrogen-bond acceptors (Lipinski definition) is 5. The summed E-state index contributed by atoms with van der Waals surface area (Å²) < 4.78 is 15.0. The Balaban J connectivity index is 0. The van der Waals surface area contributed by atoms with Crippen molar-refractivity contribution in [2.75, 3.05) is 52.9 Å². The number of aliphatic hydroxyl groups excluding tert-OH is 2. The zero-order chi connectivity index (χ0) is 9.78. The van der Waals surface area contributed by atoms with Crippen LogP contribution in [0.1, 0.15) is 0 Å². The minimum Gasteiger partial charge on any atom is -0.394 e. The number of rotatable bonds is 10. The van der Waals surface area contributed by atoms with Crippen LogP contribution in [0.5, 0.6) is 0 Å². The summed E-state index contributed by atoms with van der Waals surface area (Å²) in [6.45, 7) is 2.76. The molecule has 0 aromatic rings. The van der Waals surface area contributed by atoms with Crippen molar-refractivity contribution in [2.45, 2.75) is 0 Å². The van der Waals surface area contributed by atoms with Gasteiger partial charge in [-0.05, 0) is 0 Å². The van der Waals surface area contributed by atoms with E-state index in [1.54, 1.807) is 0 Å². The van der Waals surface area contributed by atoms with Crippen LogP contribution >= 0.6 is 0 Å². The average Bonchev–Trinajstić information content (AvgIpc) is 2.16. The summed E-state index contributed by atoms with van der Waals surface area (Å²) in [5, 5.41) is 16.7. The molecule has 14 heavy (non-hydrogen) atoms. The molecule has 0 spiro atoms. The molecule has 0 saturated carbocycles. The Bertz CT molecular complexity index is 83.8. The standard InChI is InChI=1S/C8H18O5.K/c9-1-3-11-5-7-13-8-6-12-4-2-10;/h9-10H,1-8H2;/q;+1. The summed E-state index contributed by atoms with van der Waals surface area (Å²) in [6.07, 6.45) is 0. The fourth-order valence-corrected chi connectivity index (χ4v) is 0.671. The van der Waals surface area contributed by atoms with Crippen LogP contribution in [0.25, 0.3) is 0 Å². The molecule has 0 rings (SSSR count). The summed E-state index contributed by atoms with van der Waals surface area (Å²) in [5.74, 6) is 0. The Morgan fingerprint density at radius 3 is 1.14 bits per heavy atom. The van der Waals surface area contributed by atoms with Crippen molar-refractivity contribution in [2.24, 2.45) is 0 Å². The van der Waals surface area contributed by atoms with Crippen LogP contribution in [-0.4, -0.2) is 63.1 Å². The van der Waals surface area contributed by atoms with Crippen LogP contribution in [0.3, 0.4) is 0 Å². The van der Waals surface area contributed by atoms with Gasteiger partial charge in [-0.1, -0.05) is 0 Å². The van der Waals surface area contributed by atoms with E-state index in [0.29, 0.717) is 39.6 Å². The normalized spacial score (nSPS) is 9.86. The molecule has 80 valence electrons. The van der Waals surface area contributed by atoms with Gasteiger partial charge in [0.05, 0.1) is 52.9 Å². The Kier molecular flexibility index (Phi) is 21.4. The molecule has 0 amide bonds. The van der Waals surface area contributed by atoms with Crippen LogP contribution in [0.4, 0.5) is 0 Å². The zero-order valence-corrected chi connectivity index (χ0v) is 11.9. The molecular formula is C8H18KO5+. The minimum absolute atomic E-state index is 0. The molecule has 0 saturated heterocycles. The third-order valence-electron chi connectivity index (χ3n) is 1.22. The van der Waals surface area contributed by atoms with Crippen LogP contribution in [0.2, 0.25) is 0 Å². The Labute approximate surface area is 127 Å². The molecule has 0 aliphatic heterocycles. The van der Waals surface area contributed by atoms with Gasteiger partial charge in [-0.3, -0.25) is 0 Å². The summed E-state index contributed by atoms with van der Waals surface area (Å²) >= 11 is 0. The van der Waals surface area contributed by atoms with E-state index in [4.69, 9.17) is 24.4 Å². The van der Waals surface area contributed by atoms with E-state index >= 15 is 0 Å². The van der Waals surface area contributed by atoms with Crippen LogP contribution in [-0.2, 0) is 14.2 Å². The molecule has 6 heteroatoms. The zero-order valence-electron chi connectivity index (χ0n) is 8.78. The van der Waals surface area contributed by atoms with Gasteiger partial charge in [0.25, 0.3) is 0 Å². The van der Waals surface area contributed by atoms with E-state index < -0.39 is 0 Å². The Morgan fingerprint density at radius 1 is 0.571 bits per heavy atom. The first-order valence-electron chi connectivity index (χ1n) is 4.36. The molecular weight excluding hydrogens is 215 g/mol. The Hall–Kier alpha value is 1.44. The van der Waals surface area contributed by atoms with Gasteiger partial charge in [-0.25, -0.2) is 0 Å². The number of ether oxygens (including phenoxy) is 3. The first-order chi connectivity index (χ1) is 6.41. The maximum atomic E-state index is 8.36. The molecule has 0 aliphatic rings. The summed E-state index contributed by atoms with van der Waals surface area (Å²) in [7, 11) is 0. The van der Waals surface area contributed by atoms with Crippen molar-refractivity contribution in [3.63, 3.8) is 0 Å². The summed E-state index contributed by atoms with van der Waals surface area (Å²) in [5.41, 5.74) is 0. The van der Waals surface area contributed by atoms with Gasteiger partial charge >= 0.3 is 51.4 Å². The monoisotopic (exact) mass is 233 g/mol. The first-order valence-corrected chi connectivity index (χ1v) is 4.36. The molecule has 0 aromatic carbocycles. The second kappa shape index (κ2) is 16.9. The maximum absolute atomic E-state index is 8.36.